The Balaban J connectivity index is 0.000000162. The van der Waals surface area contributed by atoms with Crippen LogP contribution in [0.15, 0.2) is 94.5 Å². The minimum atomic E-state index is -0.980. The van der Waals surface area contributed by atoms with Gasteiger partial charge in [-0.1, -0.05) is 35.4 Å². The van der Waals surface area contributed by atoms with Gasteiger partial charge in [0.1, 0.15) is 5.88 Å². The number of halogens is 1. The van der Waals surface area contributed by atoms with E-state index in [0.717, 1.165) is 72.3 Å². The molecule has 0 saturated heterocycles. The Labute approximate surface area is 377 Å². The average Bonchev–Trinajstić information content (AvgIpc) is 3.27. The molecule has 0 unspecified atom stereocenters. The second kappa shape index (κ2) is 17.7. The number of aromatic amines is 2. The van der Waals surface area contributed by atoms with E-state index in [0.29, 0.717) is 75.2 Å². The Hall–Kier alpha value is -7.25. The number of aromatic nitrogens is 2. The zero-order chi connectivity index (χ0) is 46.4. The SMILES string of the molecule is Cc1ccc2c(c1)C(=O)c1cc3[nH]c4cc(CN)c(C)cc4c(=O)c3cc1C2.Cc1ccc2c(c1)C(=O)c1cc3[nH]c4cc(CNCC(=O)O)c(C)cc4c(=O)c3cc1C2.O=C(O)CCl. The van der Waals surface area contributed by atoms with E-state index in [4.69, 9.17) is 27.5 Å². The van der Waals surface area contributed by atoms with Crippen LogP contribution in [-0.2, 0) is 35.5 Å². The highest BCUT2D eigenvalue weighted by Gasteiger charge is 2.26. The Bertz CT molecular complexity index is 3480. The highest BCUT2D eigenvalue weighted by Crippen LogP contribution is 2.33. The monoisotopic (exact) mass is 888 g/mol. The van der Waals surface area contributed by atoms with Crippen LogP contribution in [0.1, 0.15) is 87.5 Å². The lowest BCUT2D eigenvalue weighted by Gasteiger charge is -2.20. The molecule has 328 valence electrons. The fraction of sp³-hybridized carbons (Fsp3) is 0.192. The molecule has 8 aromatic rings. The van der Waals surface area contributed by atoms with Gasteiger partial charge in [0, 0.05) is 56.9 Å². The number of rotatable bonds is 6. The third kappa shape index (κ3) is 8.59. The first kappa shape index (κ1) is 44.4. The van der Waals surface area contributed by atoms with Gasteiger partial charge in [0.05, 0.1) is 28.6 Å². The quantitative estimate of drug-likeness (QED) is 0.0704. The maximum atomic E-state index is 13.3. The van der Waals surface area contributed by atoms with Gasteiger partial charge < -0.3 is 31.2 Å². The first-order valence-electron chi connectivity index (χ1n) is 21.0. The standard InChI is InChI=1S/C26H22N2O4.C24H20N2O2.C2H3ClO2/c1-13-3-4-15-7-16-8-21-23(10-19(16)25(31)18(15)5-13)28-22-9-17(11-27-12-24(29)30)14(2)6-20(22)26(21)32;1-12-3-4-14-7-15-8-20-22(10-18(15)23(27)17(14)5-12)26-21-9-16(11-25)13(2)6-19(21)24(20)28;3-1-2(4)5/h3-6,8-10,27H,7,11-12H2,1-2H3,(H,28,32)(H,29,30);3-6,8-10H,7,11,25H2,1-2H3,(H,26,28);1H2,(H,4,5). The van der Waals surface area contributed by atoms with Gasteiger partial charge in [0.25, 0.3) is 0 Å². The smallest absolute Gasteiger partial charge is 0.318 e. The van der Waals surface area contributed by atoms with Crippen LogP contribution in [0.2, 0.25) is 0 Å². The van der Waals surface area contributed by atoms with Gasteiger partial charge in [-0.05, 0) is 146 Å². The van der Waals surface area contributed by atoms with E-state index in [9.17, 15) is 28.8 Å². The molecular weight excluding hydrogens is 844 g/mol. The Morgan fingerprint density at radius 1 is 0.569 bits per heavy atom. The van der Waals surface area contributed by atoms with Gasteiger partial charge in [0.2, 0.25) is 0 Å². The topological polar surface area (TPSA) is 213 Å². The predicted molar refractivity (Wildman–Crippen MR) is 254 cm³/mol. The normalized spacial score (nSPS) is 12.5. The number of hydrogen-bond donors (Lipinski definition) is 6. The van der Waals surface area contributed by atoms with E-state index in [-0.39, 0.29) is 34.8 Å². The first-order chi connectivity index (χ1) is 31.0. The number of aliphatic carboxylic acids is 2. The predicted octanol–water partition coefficient (Wildman–Crippen LogP) is 7.81. The molecule has 7 N–H and O–H groups in total. The molecule has 0 spiro atoms. The number of H-pyrrole nitrogens is 2. The number of carbonyl (C=O) groups is 4. The van der Waals surface area contributed by atoms with Crippen molar-refractivity contribution in [1.82, 2.24) is 15.3 Å². The number of ketones is 2. The molecule has 0 aliphatic heterocycles. The summed E-state index contributed by atoms with van der Waals surface area (Å²) in [6.07, 6.45) is 1.28. The molecule has 2 aliphatic rings. The largest absolute Gasteiger partial charge is 0.480 e. The van der Waals surface area contributed by atoms with Crippen LogP contribution in [0, 0.1) is 27.7 Å². The molecule has 0 bridgehead atoms. The third-order valence-electron chi connectivity index (χ3n) is 12.2. The number of pyridine rings is 2. The number of nitrogens with two attached hydrogens (primary N) is 1. The molecule has 12 nitrogen and oxygen atoms in total. The number of carboxylic acids is 2. The molecule has 0 amide bonds. The number of carboxylic acid groups (broad SMARTS) is 2. The minimum absolute atomic E-state index is 0.0135. The number of aryl methyl sites for hydroxylation is 4. The van der Waals surface area contributed by atoms with Gasteiger partial charge in [-0.15, -0.1) is 11.6 Å². The molecule has 2 heterocycles. The zero-order valence-electron chi connectivity index (χ0n) is 36.1. The summed E-state index contributed by atoms with van der Waals surface area (Å²) < 4.78 is 0. The van der Waals surface area contributed by atoms with E-state index in [1.807, 2.05) is 107 Å². The van der Waals surface area contributed by atoms with Gasteiger partial charge in [-0.3, -0.25) is 28.8 Å². The van der Waals surface area contributed by atoms with Crippen molar-refractivity contribution in [2.75, 3.05) is 12.4 Å². The highest BCUT2D eigenvalue weighted by atomic mass is 35.5. The molecule has 0 radical (unpaired) electrons. The molecule has 6 aromatic carbocycles. The number of carbonyl (C=O) groups excluding carboxylic acids is 2. The third-order valence-corrected chi connectivity index (χ3v) is 12.4. The lowest BCUT2D eigenvalue weighted by Crippen LogP contribution is -2.22. The summed E-state index contributed by atoms with van der Waals surface area (Å²) in [6, 6.07) is 26.8. The van der Waals surface area contributed by atoms with Crippen molar-refractivity contribution < 1.29 is 29.4 Å². The van der Waals surface area contributed by atoms with E-state index in [2.05, 4.69) is 15.3 Å². The fourth-order valence-corrected chi connectivity index (χ4v) is 8.78. The maximum absolute atomic E-state index is 13.3. The second-order valence-electron chi connectivity index (χ2n) is 16.7. The van der Waals surface area contributed by atoms with Crippen molar-refractivity contribution in [3.8, 4) is 0 Å². The van der Waals surface area contributed by atoms with Gasteiger partial charge in [0.15, 0.2) is 22.4 Å². The van der Waals surface area contributed by atoms with Crippen molar-refractivity contribution >= 4 is 78.7 Å². The summed E-state index contributed by atoms with van der Waals surface area (Å²) in [4.78, 5) is 79.4. The Kier molecular flexibility index (Phi) is 12.1. The van der Waals surface area contributed by atoms with Crippen molar-refractivity contribution in [3.63, 3.8) is 0 Å². The summed E-state index contributed by atoms with van der Waals surface area (Å²) in [7, 11) is 0. The number of benzene rings is 6. The molecule has 10 rings (SSSR count). The van der Waals surface area contributed by atoms with Crippen LogP contribution >= 0.6 is 11.6 Å². The van der Waals surface area contributed by atoms with Crippen molar-refractivity contribution in [2.24, 2.45) is 5.73 Å². The molecule has 0 saturated carbocycles. The summed E-state index contributed by atoms with van der Waals surface area (Å²) >= 11 is 4.74. The van der Waals surface area contributed by atoms with E-state index in [1.54, 1.807) is 6.07 Å². The number of nitrogens with one attached hydrogen (secondary N) is 3. The molecule has 2 aliphatic carbocycles. The van der Waals surface area contributed by atoms with Gasteiger partial charge in [-0.2, -0.15) is 0 Å². The number of fused-ring (bicyclic) bond motifs is 8. The van der Waals surface area contributed by atoms with E-state index >= 15 is 0 Å². The van der Waals surface area contributed by atoms with Crippen LogP contribution in [0.5, 0.6) is 0 Å². The van der Waals surface area contributed by atoms with Crippen LogP contribution in [-0.4, -0.2) is 56.1 Å². The molecule has 0 fully saturated rings. The Morgan fingerprint density at radius 2 is 0.969 bits per heavy atom. The fourth-order valence-electron chi connectivity index (χ4n) is 8.78. The second-order valence-corrected chi connectivity index (χ2v) is 17.0. The van der Waals surface area contributed by atoms with E-state index < -0.39 is 11.9 Å². The van der Waals surface area contributed by atoms with Crippen LogP contribution < -0.4 is 21.9 Å². The molecule has 2 aromatic heterocycles. The van der Waals surface area contributed by atoms with Crippen LogP contribution in [0.25, 0.3) is 43.6 Å². The lowest BCUT2D eigenvalue weighted by molar-refractivity contribution is -0.136. The number of alkyl halides is 1. The van der Waals surface area contributed by atoms with Gasteiger partial charge >= 0.3 is 11.9 Å². The minimum Gasteiger partial charge on any atom is -0.480 e. The summed E-state index contributed by atoms with van der Waals surface area (Å²) in [5, 5.41) is 21.7. The summed E-state index contributed by atoms with van der Waals surface area (Å²) in [5.41, 5.74) is 21.0. The van der Waals surface area contributed by atoms with E-state index in [1.165, 1.54) is 0 Å². The highest BCUT2D eigenvalue weighted by molar-refractivity contribution is 6.26. The first-order valence-corrected chi connectivity index (χ1v) is 21.5. The van der Waals surface area contributed by atoms with Crippen LogP contribution in [0.4, 0.5) is 0 Å². The number of hydrogen-bond acceptors (Lipinski definition) is 8. The maximum Gasteiger partial charge on any atom is 0.318 e. The van der Waals surface area contributed by atoms with Crippen molar-refractivity contribution in [1.29, 1.82) is 0 Å². The average molecular weight is 889 g/mol. The molecule has 0 atom stereocenters. The Morgan fingerprint density at radius 3 is 1.40 bits per heavy atom. The summed E-state index contributed by atoms with van der Waals surface area (Å²) in [5.74, 6) is -2.20. The van der Waals surface area contributed by atoms with Crippen molar-refractivity contribution in [2.45, 2.75) is 53.6 Å². The summed E-state index contributed by atoms with van der Waals surface area (Å²) in [6.45, 7) is 8.50. The van der Waals surface area contributed by atoms with Crippen LogP contribution in [0.3, 0.4) is 0 Å². The van der Waals surface area contributed by atoms with Crippen molar-refractivity contribution in [3.05, 3.63) is 183 Å². The lowest BCUT2D eigenvalue weighted by atomic mass is 9.83. The zero-order valence-corrected chi connectivity index (χ0v) is 36.9. The molecule has 13 heteroatoms. The molecule has 65 heavy (non-hydrogen) atoms. The molecular formula is C52H45ClN4O8. The van der Waals surface area contributed by atoms with Gasteiger partial charge in [-0.25, -0.2) is 0 Å².